The van der Waals surface area contributed by atoms with E-state index in [9.17, 15) is 8.78 Å². The van der Waals surface area contributed by atoms with Gasteiger partial charge in [0.2, 0.25) is 0 Å². The summed E-state index contributed by atoms with van der Waals surface area (Å²) >= 11 is 5.96. The standard InChI is InChI=1S/C15H13ClF2/c1-3-10-5-6-11(8-13(10)17)12-7-4-9(2)15(18)14(12)16/h4-8H,3H2,1-2H3. The van der Waals surface area contributed by atoms with E-state index in [4.69, 9.17) is 11.6 Å². The zero-order valence-corrected chi connectivity index (χ0v) is 11.0. The Morgan fingerprint density at radius 3 is 2.44 bits per heavy atom. The Kier molecular flexibility index (Phi) is 3.67. The van der Waals surface area contributed by atoms with Gasteiger partial charge in [0.1, 0.15) is 11.6 Å². The molecule has 94 valence electrons. The number of halogens is 3. The molecule has 0 saturated heterocycles. The molecule has 0 aliphatic carbocycles. The molecule has 0 unspecified atom stereocenters. The molecule has 0 atom stereocenters. The lowest BCUT2D eigenvalue weighted by atomic mass is 10.0. The quantitative estimate of drug-likeness (QED) is 0.705. The Morgan fingerprint density at radius 2 is 1.83 bits per heavy atom. The van der Waals surface area contributed by atoms with Crippen molar-refractivity contribution in [2.24, 2.45) is 0 Å². The fourth-order valence-corrected chi connectivity index (χ4v) is 2.19. The zero-order valence-electron chi connectivity index (χ0n) is 10.2. The van der Waals surface area contributed by atoms with E-state index < -0.39 is 5.82 Å². The lowest BCUT2D eigenvalue weighted by molar-refractivity contribution is 0.612. The highest BCUT2D eigenvalue weighted by molar-refractivity contribution is 6.33. The zero-order chi connectivity index (χ0) is 13.3. The second-order valence-corrected chi connectivity index (χ2v) is 4.60. The summed E-state index contributed by atoms with van der Waals surface area (Å²) in [5.74, 6) is -0.735. The van der Waals surface area contributed by atoms with Crippen molar-refractivity contribution in [2.75, 3.05) is 0 Å². The van der Waals surface area contributed by atoms with Crippen LogP contribution in [0.15, 0.2) is 30.3 Å². The molecule has 18 heavy (non-hydrogen) atoms. The Hall–Kier alpha value is -1.41. The highest BCUT2D eigenvalue weighted by atomic mass is 35.5. The van der Waals surface area contributed by atoms with Crippen LogP contribution in [0.1, 0.15) is 18.1 Å². The molecule has 0 aliphatic rings. The predicted octanol–water partition coefficient (Wildman–Crippen LogP) is 5.16. The van der Waals surface area contributed by atoms with Gasteiger partial charge < -0.3 is 0 Å². The topological polar surface area (TPSA) is 0 Å². The summed E-state index contributed by atoms with van der Waals surface area (Å²) in [6.07, 6.45) is 0.627. The second-order valence-electron chi connectivity index (χ2n) is 4.22. The van der Waals surface area contributed by atoms with E-state index in [1.807, 2.05) is 6.92 Å². The van der Waals surface area contributed by atoms with Crippen molar-refractivity contribution in [2.45, 2.75) is 20.3 Å². The van der Waals surface area contributed by atoms with Crippen LogP contribution in [0.4, 0.5) is 8.78 Å². The molecule has 0 N–H and O–H groups in total. The second kappa shape index (κ2) is 5.07. The van der Waals surface area contributed by atoms with E-state index in [1.54, 1.807) is 31.2 Å². The van der Waals surface area contributed by atoms with Crippen LogP contribution in [0.5, 0.6) is 0 Å². The van der Waals surface area contributed by atoms with Crippen LogP contribution >= 0.6 is 11.6 Å². The van der Waals surface area contributed by atoms with Gasteiger partial charge in [-0.2, -0.15) is 0 Å². The van der Waals surface area contributed by atoms with E-state index in [2.05, 4.69) is 0 Å². The summed E-state index contributed by atoms with van der Waals surface area (Å²) in [7, 11) is 0. The predicted molar refractivity (Wildman–Crippen MR) is 70.9 cm³/mol. The van der Waals surface area contributed by atoms with Crippen LogP contribution in [-0.2, 0) is 6.42 Å². The lowest BCUT2D eigenvalue weighted by Crippen LogP contribution is -1.91. The van der Waals surface area contributed by atoms with E-state index in [1.165, 1.54) is 6.07 Å². The number of hydrogen-bond acceptors (Lipinski definition) is 0. The lowest BCUT2D eigenvalue weighted by Gasteiger charge is -2.09. The van der Waals surface area contributed by atoms with Gasteiger partial charge in [-0.1, -0.05) is 42.8 Å². The Labute approximate surface area is 110 Å². The van der Waals surface area contributed by atoms with Gasteiger partial charge >= 0.3 is 0 Å². The van der Waals surface area contributed by atoms with Crippen molar-refractivity contribution < 1.29 is 8.78 Å². The number of hydrogen-bond donors (Lipinski definition) is 0. The van der Waals surface area contributed by atoms with E-state index in [0.29, 0.717) is 28.7 Å². The summed E-state index contributed by atoms with van der Waals surface area (Å²) in [6.45, 7) is 3.53. The van der Waals surface area contributed by atoms with Crippen LogP contribution < -0.4 is 0 Å². The van der Waals surface area contributed by atoms with Gasteiger partial charge in [0.15, 0.2) is 0 Å². The highest BCUT2D eigenvalue weighted by Gasteiger charge is 2.12. The fourth-order valence-electron chi connectivity index (χ4n) is 1.87. The van der Waals surface area contributed by atoms with Gasteiger partial charge in [-0.25, -0.2) is 8.78 Å². The Bertz CT molecular complexity index is 591. The first kappa shape index (κ1) is 13.0. The molecule has 0 fully saturated rings. The molecular formula is C15H13ClF2. The van der Waals surface area contributed by atoms with E-state index in [-0.39, 0.29) is 10.8 Å². The third-order valence-electron chi connectivity index (χ3n) is 3.02. The molecule has 2 aromatic rings. The molecule has 2 rings (SSSR count). The maximum atomic E-state index is 13.7. The van der Waals surface area contributed by atoms with Crippen molar-refractivity contribution in [3.05, 3.63) is 58.1 Å². The SMILES string of the molecule is CCc1ccc(-c2ccc(C)c(F)c2Cl)cc1F. The van der Waals surface area contributed by atoms with Gasteiger partial charge in [0, 0.05) is 5.56 Å². The summed E-state index contributed by atoms with van der Waals surface area (Å²) in [6, 6.07) is 8.22. The molecule has 0 amide bonds. The van der Waals surface area contributed by atoms with E-state index in [0.717, 1.165) is 0 Å². The van der Waals surface area contributed by atoms with Crippen molar-refractivity contribution in [1.82, 2.24) is 0 Å². The Balaban J connectivity index is 2.56. The van der Waals surface area contributed by atoms with Crippen LogP contribution in [0, 0.1) is 18.6 Å². The van der Waals surface area contributed by atoms with Gasteiger partial charge in [-0.3, -0.25) is 0 Å². The third-order valence-corrected chi connectivity index (χ3v) is 3.39. The summed E-state index contributed by atoms with van der Waals surface area (Å²) in [5, 5.41) is 0.0404. The fraction of sp³-hybridized carbons (Fsp3) is 0.200. The molecule has 0 heterocycles. The van der Waals surface area contributed by atoms with Crippen LogP contribution in [-0.4, -0.2) is 0 Å². The van der Waals surface area contributed by atoms with Crippen molar-refractivity contribution in [3.63, 3.8) is 0 Å². The highest BCUT2D eigenvalue weighted by Crippen LogP contribution is 2.32. The minimum absolute atomic E-state index is 0.0404. The number of benzene rings is 2. The molecule has 0 aromatic heterocycles. The average Bonchev–Trinajstić information content (AvgIpc) is 2.36. The maximum absolute atomic E-state index is 13.7. The molecule has 0 nitrogen and oxygen atoms in total. The first-order chi connectivity index (χ1) is 8.54. The first-order valence-electron chi connectivity index (χ1n) is 5.78. The molecule has 0 radical (unpaired) electrons. The normalized spacial score (nSPS) is 10.7. The monoisotopic (exact) mass is 266 g/mol. The van der Waals surface area contributed by atoms with E-state index >= 15 is 0 Å². The van der Waals surface area contributed by atoms with Gasteiger partial charge in [0.25, 0.3) is 0 Å². The van der Waals surface area contributed by atoms with Crippen molar-refractivity contribution >= 4 is 11.6 Å². The molecule has 2 aromatic carbocycles. The van der Waals surface area contributed by atoms with Gasteiger partial charge in [-0.15, -0.1) is 0 Å². The third kappa shape index (κ3) is 2.25. The van der Waals surface area contributed by atoms with Crippen molar-refractivity contribution in [1.29, 1.82) is 0 Å². The number of aryl methyl sites for hydroxylation is 2. The first-order valence-corrected chi connectivity index (χ1v) is 6.15. The number of rotatable bonds is 2. The average molecular weight is 267 g/mol. The summed E-state index contributed by atoms with van der Waals surface area (Å²) in [4.78, 5) is 0. The van der Waals surface area contributed by atoms with Crippen LogP contribution in [0.3, 0.4) is 0 Å². The Morgan fingerprint density at radius 1 is 1.11 bits per heavy atom. The summed E-state index contributed by atoms with van der Waals surface area (Å²) < 4.78 is 27.4. The molecule has 0 bridgehead atoms. The van der Waals surface area contributed by atoms with Crippen LogP contribution in [0.25, 0.3) is 11.1 Å². The van der Waals surface area contributed by atoms with Gasteiger partial charge in [-0.05, 0) is 36.1 Å². The molecule has 0 saturated carbocycles. The van der Waals surface area contributed by atoms with Crippen molar-refractivity contribution in [3.8, 4) is 11.1 Å². The van der Waals surface area contributed by atoms with Gasteiger partial charge in [0.05, 0.1) is 5.02 Å². The molecule has 0 aliphatic heterocycles. The summed E-state index contributed by atoms with van der Waals surface area (Å²) in [5.41, 5.74) is 2.23. The molecule has 0 spiro atoms. The van der Waals surface area contributed by atoms with Crippen LogP contribution in [0.2, 0.25) is 5.02 Å². The molecular weight excluding hydrogens is 254 g/mol. The minimum Gasteiger partial charge on any atom is -0.207 e. The minimum atomic E-state index is -0.450. The maximum Gasteiger partial charge on any atom is 0.145 e. The largest absolute Gasteiger partial charge is 0.207 e. The molecule has 3 heteroatoms. The smallest absolute Gasteiger partial charge is 0.145 e.